The maximum Gasteiger partial charge on any atom is 0.244 e. The molecule has 1 aliphatic rings. The number of likely N-dealkylation sites (tertiary alicyclic amines) is 1. The molecule has 2 rings (SSSR count). The average molecular weight is 222 g/mol. The summed E-state index contributed by atoms with van der Waals surface area (Å²) in [6.45, 7) is 2.77. The van der Waals surface area contributed by atoms with E-state index in [1.807, 2.05) is 11.1 Å². The van der Waals surface area contributed by atoms with Gasteiger partial charge in [-0.1, -0.05) is 0 Å². The van der Waals surface area contributed by atoms with Crippen LogP contribution >= 0.6 is 0 Å². The molecule has 5 heteroatoms. The van der Waals surface area contributed by atoms with Crippen LogP contribution in [0.4, 0.5) is 0 Å². The van der Waals surface area contributed by atoms with Crippen LogP contribution in [-0.2, 0) is 17.8 Å². The maximum atomic E-state index is 11.8. The van der Waals surface area contributed by atoms with Gasteiger partial charge >= 0.3 is 0 Å². The Kier molecular flexibility index (Phi) is 3.56. The van der Waals surface area contributed by atoms with Crippen molar-refractivity contribution in [1.29, 1.82) is 0 Å². The number of rotatable bonds is 4. The molecular formula is C11H18N4O. The lowest BCUT2D eigenvalue weighted by atomic mass is 10.3. The number of amides is 1. The van der Waals surface area contributed by atoms with Crippen molar-refractivity contribution in [2.75, 3.05) is 19.6 Å². The van der Waals surface area contributed by atoms with Crippen molar-refractivity contribution < 1.29 is 4.79 Å². The van der Waals surface area contributed by atoms with Crippen LogP contribution in [0.5, 0.6) is 0 Å². The minimum absolute atomic E-state index is 0.167. The van der Waals surface area contributed by atoms with Gasteiger partial charge in [-0.05, 0) is 31.4 Å². The molecule has 0 spiro atoms. The Bertz CT molecular complexity index is 355. The second-order valence-electron chi connectivity index (χ2n) is 4.17. The van der Waals surface area contributed by atoms with Crippen LogP contribution in [0.2, 0.25) is 0 Å². The fourth-order valence-corrected chi connectivity index (χ4v) is 1.99. The topological polar surface area (TPSA) is 64.1 Å². The molecule has 0 atom stereocenters. The zero-order chi connectivity index (χ0) is 11.4. The third-order valence-corrected chi connectivity index (χ3v) is 2.88. The van der Waals surface area contributed by atoms with Gasteiger partial charge in [-0.2, -0.15) is 5.10 Å². The lowest BCUT2D eigenvalue weighted by Gasteiger charge is -2.14. The standard InChI is InChI=1S/C11H18N4O/c12-4-3-10-7-13-15(8-10)9-11(16)14-5-1-2-6-14/h7-8H,1-6,9,12H2. The first kappa shape index (κ1) is 11.1. The molecular weight excluding hydrogens is 204 g/mol. The van der Waals surface area contributed by atoms with Crippen LogP contribution in [0.15, 0.2) is 12.4 Å². The van der Waals surface area contributed by atoms with E-state index in [9.17, 15) is 4.79 Å². The van der Waals surface area contributed by atoms with Gasteiger partial charge in [-0.3, -0.25) is 9.48 Å². The molecule has 0 aromatic carbocycles. The number of nitrogens with zero attached hydrogens (tertiary/aromatic N) is 3. The lowest BCUT2D eigenvalue weighted by Crippen LogP contribution is -2.31. The quantitative estimate of drug-likeness (QED) is 0.780. The van der Waals surface area contributed by atoms with Gasteiger partial charge in [0.25, 0.3) is 0 Å². The number of carbonyl (C=O) groups excluding carboxylic acids is 1. The highest BCUT2D eigenvalue weighted by molar-refractivity contribution is 5.76. The van der Waals surface area contributed by atoms with Crippen molar-refractivity contribution in [2.24, 2.45) is 5.73 Å². The third-order valence-electron chi connectivity index (χ3n) is 2.88. The molecule has 16 heavy (non-hydrogen) atoms. The number of nitrogens with two attached hydrogens (primary N) is 1. The second-order valence-corrected chi connectivity index (χ2v) is 4.17. The first-order chi connectivity index (χ1) is 7.79. The van der Waals surface area contributed by atoms with Gasteiger partial charge in [0.1, 0.15) is 6.54 Å². The van der Waals surface area contributed by atoms with Gasteiger partial charge in [0, 0.05) is 19.3 Å². The molecule has 0 unspecified atom stereocenters. The van der Waals surface area contributed by atoms with E-state index in [0.29, 0.717) is 13.1 Å². The largest absolute Gasteiger partial charge is 0.341 e. The smallest absolute Gasteiger partial charge is 0.244 e. The van der Waals surface area contributed by atoms with Crippen LogP contribution in [0.25, 0.3) is 0 Å². The lowest BCUT2D eigenvalue weighted by molar-refractivity contribution is -0.130. The zero-order valence-corrected chi connectivity index (χ0v) is 9.43. The van der Waals surface area contributed by atoms with Gasteiger partial charge in [-0.25, -0.2) is 0 Å². The van der Waals surface area contributed by atoms with Crippen molar-refractivity contribution in [3.05, 3.63) is 18.0 Å². The Balaban J connectivity index is 1.89. The summed E-state index contributed by atoms with van der Waals surface area (Å²) in [6, 6.07) is 0. The molecule has 0 aliphatic carbocycles. The van der Waals surface area contributed by atoms with E-state index in [0.717, 1.165) is 37.9 Å². The van der Waals surface area contributed by atoms with Crippen molar-refractivity contribution in [1.82, 2.24) is 14.7 Å². The van der Waals surface area contributed by atoms with Crippen LogP contribution in [0, 0.1) is 0 Å². The van der Waals surface area contributed by atoms with Crippen molar-refractivity contribution in [3.63, 3.8) is 0 Å². The molecule has 2 N–H and O–H groups in total. The molecule has 1 aliphatic heterocycles. The number of hydrogen-bond acceptors (Lipinski definition) is 3. The van der Waals surface area contributed by atoms with Gasteiger partial charge in [0.15, 0.2) is 0 Å². The van der Waals surface area contributed by atoms with E-state index >= 15 is 0 Å². The zero-order valence-electron chi connectivity index (χ0n) is 9.43. The minimum Gasteiger partial charge on any atom is -0.341 e. The van der Waals surface area contributed by atoms with Crippen LogP contribution in [0.3, 0.4) is 0 Å². The van der Waals surface area contributed by atoms with E-state index in [4.69, 9.17) is 5.73 Å². The number of carbonyl (C=O) groups is 1. The van der Waals surface area contributed by atoms with E-state index in [1.165, 1.54) is 0 Å². The predicted molar refractivity (Wildman–Crippen MR) is 60.8 cm³/mol. The van der Waals surface area contributed by atoms with Crippen LogP contribution < -0.4 is 5.73 Å². The molecule has 88 valence electrons. The maximum absolute atomic E-state index is 11.8. The van der Waals surface area contributed by atoms with Gasteiger partial charge in [0.2, 0.25) is 5.91 Å². The molecule has 2 heterocycles. The summed E-state index contributed by atoms with van der Waals surface area (Å²) in [4.78, 5) is 13.7. The Morgan fingerprint density at radius 1 is 1.44 bits per heavy atom. The Morgan fingerprint density at radius 2 is 2.19 bits per heavy atom. The highest BCUT2D eigenvalue weighted by Crippen LogP contribution is 2.08. The number of aromatic nitrogens is 2. The second kappa shape index (κ2) is 5.12. The minimum atomic E-state index is 0.167. The van der Waals surface area contributed by atoms with E-state index in [-0.39, 0.29) is 5.91 Å². The summed E-state index contributed by atoms with van der Waals surface area (Å²) < 4.78 is 1.70. The fraction of sp³-hybridized carbons (Fsp3) is 0.636. The van der Waals surface area contributed by atoms with E-state index in [2.05, 4.69) is 5.10 Å². The van der Waals surface area contributed by atoms with Crippen molar-refractivity contribution in [3.8, 4) is 0 Å². The fourth-order valence-electron chi connectivity index (χ4n) is 1.99. The van der Waals surface area contributed by atoms with Gasteiger partial charge < -0.3 is 10.6 Å². The first-order valence-corrected chi connectivity index (χ1v) is 5.79. The highest BCUT2D eigenvalue weighted by Gasteiger charge is 2.18. The summed E-state index contributed by atoms with van der Waals surface area (Å²) >= 11 is 0. The van der Waals surface area contributed by atoms with Gasteiger partial charge in [0.05, 0.1) is 6.20 Å². The van der Waals surface area contributed by atoms with E-state index < -0.39 is 0 Å². The van der Waals surface area contributed by atoms with Crippen LogP contribution in [-0.4, -0.2) is 40.2 Å². The summed E-state index contributed by atoms with van der Waals surface area (Å²) in [5, 5.41) is 4.16. The molecule has 5 nitrogen and oxygen atoms in total. The van der Waals surface area contributed by atoms with Crippen molar-refractivity contribution in [2.45, 2.75) is 25.8 Å². The Morgan fingerprint density at radius 3 is 2.88 bits per heavy atom. The monoisotopic (exact) mass is 222 g/mol. The predicted octanol–water partition coefficient (Wildman–Crippen LogP) is 0.00670. The SMILES string of the molecule is NCCc1cnn(CC(=O)N2CCCC2)c1. The molecule has 1 saturated heterocycles. The van der Waals surface area contributed by atoms with Crippen molar-refractivity contribution >= 4 is 5.91 Å². The highest BCUT2D eigenvalue weighted by atomic mass is 16.2. The van der Waals surface area contributed by atoms with Gasteiger partial charge in [-0.15, -0.1) is 0 Å². The summed E-state index contributed by atoms with van der Waals surface area (Å²) in [6.07, 6.45) is 6.76. The summed E-state index contributed by atoms with van der Waals surface area (Å²) in [7, 11) is 0. The molecule has 1 aromatic heterocycles. The Hall–Kier alpha value is -1.36. The molecule has 0 bridgehead atoms. The Labute approximate surface area is 95.2 Å². The summed E-state index contributed by atoms with van der Waals surface area (Å²) in [5.41, 5.74) is 6.55. The normalized spacial score (nSPS) is 15.7. The molecule has 1 amide bonds. The molecule has 1 fully saturated rings. The molecule has 0 saturated carbocycles. The first-order valence-electron chi connectivity index (χ1n) is 5.79. The van der Waals surface area contributed by atoms with E-state index in [1.54, 1.807) is 10.9 Å². The number of hydrogen-bond donors (Lipinski definition) is 1. The average Bonchev–Trinajstić information content (AvgIpc) is 2.89. The molecule has 1 aromatic rings. The molecule has 0 radical (unpaired) electrons. The summed E-state index contributed by atoms with van der Waals surface area (Å²) in [5.74, 6) is 0.167. The third kappa shape index (κ3) is 2.61. The van der Waals surface area contributed by atoms with Crippen LogP contribution in [0.1, 0.15) is 18.4 Å².